The van der Waals surface area contributed by atoms with Crippen LogP contribution in [-0.4, -0.2) is 12.6 Å². The van der Waals surface area contributed by atoms with E-state index in [1.807, 2.05) is 54.6 Å². The molecule has 0 aliphatic rings. The summed E-state index contributed by atoms with van der Waals surface area (Å²) in [5.74, 6) is 0. The molecule has 0 saturated carbocycles. The molecule has 0 bridgehead atoms. The Balaban J connectivity index is 2.47. The first-order chi connectivity index (χ1) is 12.8. The summed E-state index contributed by atoms with van der Waals surface area (Å²) in [6.07, 6.45) is 2.82. The summed E-state index contributed by atoms with van der Waals surface area (Å²) in [4.78, 5) is 11.9. The molecular formula is C23H25O2P. The number of benzene rings is 3. The maximum atomic E-state index is 11.9. The molecule has 26 heavy (non-hydrogen) atoms. The van der Waals surface area contributed by atoms with E-state index in [9.17, 15) is 4.79 Å². The van der Waals surface area contributed by atoms with Crippen molar-refractivity contribution in [3.05, 3.63) is 91.0 Å². The summed E-state index contributed by atoms with van der Waals surface area (Å²) in [7, 11) is 0. The van der Waals surface area contributed by atoms with Crippen LogP contribution in [0.1, 0.15) is 19.8 Å². The van der Waals surface area contributed by atoms with Gasteiger partial charge < -0.3 is 0 Å². The molecule has 2 nitrogen and oxygen atoms in total. The predicted molar refractivity (Wildman–Crippen MR) is 112 cm³/mol. The van der Waals surface area contributed by atoms with Crippen LogP contribution >= 0.6 is 6.83 Å². The van der Waals surface area contributed by atoms with Gasteiger partial charge in [-0.3, -0.25) is 0 Å². The van der Waals surface area contributed by atoms with Crippen molar-refractivity contribution in [2.75, 3.05) is 6.16 Å². The molecule has 0 unspecified atom stereocenters. The van der Waals surface area contributed by atoms with Crippen molar-refractivity contribution >= 4 is 29.2 Å². The molecule has 0 aliphatic carbocycles. The Kier molecular flexibility index (Phi) is 5.54. The third kappa shape index (κ3) is 2.85. The second-order valence-corrected chi connectivity index (χ2v) is 11.1. The van der Waals surface area contributed by atoms with Crippen LogP contribution in [-0.2, 0) is 9.32 Å². The maximum absolute atomic E-state index is 11.9. The van der Waals surface area contributed by atoms with Crippen LogP contribution < -0.4 is 15.9 Å². The monoisotopic (exact) mass is 364 g/mol. The first kappa shape index (κ1) is 18.4. The second-order valence-electron chi connectivity index (χ2n) is 6.50. The number of hydrogen-bond acceptors (Lipinski definition) is 2. The number of unbranched alkanes of at least 4 members (excludes halogenated alkanes) is 1. The molecule has 0 saturated heterocycles. The van der Waals surface area contributed by atoms with Crippen molar-refractivity contribution in [3.63, 3.8) is 0 Å². The predicted octanol–water partition coefficient (Wildman–Crippen LogP) is 4.40. The van der Waals surface area contributed by atoms with Gasteiger partial charge in [0, 0.05) is 0 Å². The van der Waals surface area contributed by atoms with E-state index in [0.29, 0.717) is 6.47 Å². The molecule has 134 valence electrons. The van der Waals surface area contributed by atoms with Gasteiger partial charge in [-0.15, -0.1) is 0 Å². The topological polar surface area (TPSA) is 26.3 Å². The Morgan fingerprint density at radius 2 is 1.12 bits per heavy atom. The molecule has 3 aromatic carbocycles. The van der Waals surface area contributed by atoms with E-state index in [2.05, 4.69) is 43.3 Å². The summed E-state index contributed by atoms with van der Waals surface area (Å²) in [5, 5.41) is 3.28. The van der Waals surface area contributed by atoms with E-state index in [4.69, 9.17) is 4.52 Å². The summed E-state index contributed by atoms with van der Waals surface area (Å²) < 4.78 is 6.33. The fraction of sp³-hybridized carbons (Fsp3) is 0.174. The Morgan fingerprint density at radius 3 is 1.42 bits per heavy atom. The molecular weight excluding hydrogens is 339 g/mol. The zero-order valence-corrected chi connectivity index (χ0v) is 16.0. The molecule has 0 amide bonds. The number of hydrogen-bond donors (Lipinski definition) is 0. The number of carbonyl (C=O) groups excluding carboxylic acids is 1. The van der Waals surface area contributed by atoms with Crippen LogP contribution in [0.4, 0.5) is 0 Å². The van der Waals surface area contributed by atoms with E-state index in [0.717, 1.165) is 34.9 Å². The minimum atomic E-state index is -3.38. The molecule has 0 aliphatic heterocycles. The van der Waals surface area contributed by atoms with Crippen molar-refractivity contribution in [3.8, 4) is 0 Å². The number of carbonyl (C=O) groups is 1. The molecule has 0 N–H and O–H groups in total. The van der Waals surface area contributed by atoms with Gasteiger partial charge in [0.2, 0.25) is 0 Å². The van der Waals surface area contributed by atoms with Gasteiger partial charge in [0.25, 0.3) is 0 Å². The van der Waals surface area contributed by atoms with Crippen molar-refractivity contribution in [2.24, 2.45) is 0 Å². The first-order valence-corrected chi connectivity index (χ1v) is 11.4. The molecule has 0 atom stereocenters. The van der Waals surface area contributed by atoms with E-state index < -0.39 is 6.83 Å². The van der Waals surface area contributed by atoms with Gasteiger partial charge >= 0.3 is 155 Å². The molecule has 3 heteroatoms. The normalized spacial score (nSPS) is 12.7. The first-order valence-electron chi connectivity index (χ1n) is 9.08. The van der Waals surface area contributed by atoms with Gasteiger partial charge in [-0.05, 0) is 0 Å². The van der Waals surface area contributed by atoms with E-state index in [1.165, 1.54) is 0 Å². The summed E-state index contributed by atoms with van der Waals surface area (Å²) >= 11 is 0. The average Bonchev–Trinajstić information content (AvgIpc) is 2.73. The van der Waals surface area contributed by atoms with Crippen LogP contribution in [0.5, 0.6) is 0 Å². The van der Waals surface area contributed by atoms with Gasteiger partial charge in [0.15, 0.2) is 0 Å². The van der Waals surface area contributed by atoms with Crippen molar-refractivity contribution < 1.29 is 9.32 Å². The van der Waals surface area contributed by atoms with Crippen LogP contribution in [0.15, 0.2) is 91.0 Å². The Morgan fingerprint density at radius 1 is 0.731 bits per heavy atom. The van der Waals surface area contributed by atoms with Crippen LogP contribution in [0.25, 0.3) is 0 Å². The Labute approximate surface area is 155 Å². The molecule has 0 heterocycles. The van der Waals surface area contributed by atoms with Gasteiger partial charge in [-0.25, -0.2) is 0 Å². The SMILES string of the molecule is CCCCP(OC=O)(c1ccccc1)(c1ccccc1)c1ccccc1. The van der Waals surface area contributed by atoms with Gasteiger partial charge in [-0.2, -0.15) is 0 Å². The summed E-state index contributed by atoms with van der Waals surface area (Å²) in [5.41, 5.74) is 0. The van der Waals surface area contributed by atoms with Gasteiger partial charge in [0.1, 0.15) is 0 Å². The fourth-order valence-electron chi connectivity index (χ4n) is 3.85. The average molecular weight is 364 g/mol. The molecule has 0 radical (unpaired) electrons. The Bertz CT molecular complexity index is 732. The van der Waals surface area contributed by atoms with E-state index in [1.54, 1.807) is 0 Å². The van der Waals surface area contributed by atoms with E-state index in [-0.39, 0.29) is 0 Å². The van der Waals surface area contributed by atoms with Gasteiger partial charge in [0.05, 0.1) is 0 Å². The standard InChI is InChI=1S/C23H25O2P/c1-2-3-19-26(25-20-24,21-13-7-4-8-14-21,22-15-9-5-10-16-22)23-17-11-6-12-18-23/h4-18,20H,2-3,19H2,1H3. The third-order valence-electron chi connectivity index (χ3n) is 5.12. The molecule has 3 rings (SSSR count). The quantitative estimate of drug-likeness (QED) is 0.437. The van der Waals surface area contributed by atoms with Crippen LogP contribution in [0, 0.1) is 0 Å². The Hall–Kier alpha value is -2.44. The second kappa shape index (κ2) is 7.85. The van der Waals surface area contributed by atoms with Crippen molar-refractivity contribution in [1.29, 1.82) is 0 Å². The van der Waals surface area contributed by atoms with Crippen molar-refractivity contribution in [1.82, 2.24) is 0 Å². The molecule has 0 aromatic heterocycles. The summed E-state index contributed by atoms with van der Waals surface area (Å²) in [6.45, 7) is -0.548. The van der Waals surface area contributed by atoms with Crippen LogP contribution in [0.3, 0.4) is 0 Å². The van der Waals surface area contributed by atoms with E-state index >= 15 is 0 Å². The third-order valence-corrected chi connectivity index (χ3v) is 11.0. The molecule has 0 fully saturated rings. The van der Waals surface area contributed by atoms with Crippen molar-refractivity contribution in [2.45, 2.75) is 19.8 Å². The zero-order chi connectivity index (χ0) is 18.3. The molecule has 0 spiro atoms. The van der Waals surface area contributed by atoms with Crippen LogP contribution in [0.2, 0.25) is 0 Å². The zero-order valence-electron chi connectivity index (χ0n) is 15.1. The number of rotatable bonds is 8. The minimum absolute atomic E-state index is 0.653. The fourth-order valence-corrected chi connectivity index (χ4v) is 9.51. The van der Waals surface area contributed by atoms with Gasteiger partial charge in [-0.1, -0.05) is 0 Å². The molecule has 3 aromatic rings. The summed E-state index contributed by atoms with van der Waals surface area (Å²) in [6, 6.07) is 30.8.